The molecule has 18 heavy (non-hydrogen) atoms. The fraction of sp³-hybridized carbons (Fsp3) is 0.545. The number of hydrogen-bond donors (Lipinski definition) is 1. The van der Waals surface area contributed by atoms with Crippen LogP contribution in [0.15, 0.2) is 4.47 Å². The van der Waals surface area contributed by atoms with Crippen LogP contribution in [-0.4, -0.2) is 31.4 Å². The molecule has 1 N–H and O–H groups in total. The Hall–Kier alpha value is -1.55. The summed E-state index contributed by atoms with van der Waals surface area (Å²) in [4.78, 5) is 12.6. The maximum atomic E-state index is 11.3. The Kier molecular flexibility index (Phi) is 4.02. The van der Waals surface area contributed by atoms with E-state index in [0.717, 1.165) is 0 Å². The molecule has 98 valence electrons. The zero-order chi connectivity index (χ0) is 14.1. The van der Waals surface area contributed by atoms with Crippen molar-refractivity contribution in [2.75, 3.05) is 0 Å². The van der Waals surface area contributed by atoms with Gasteiger partial charge in [0.25, 0.3) is 0 Å². The first-order valence-corrected chi connectivity index (χ1v) is 6.09. The highest BCUT2D eigenvalue weighted by Gasteiger charge is 2.28. The van der Waals surface area contributed by atoms with Crippen LogP contribution in [-0.2, 0) is 13.6 Å². The number of carboxylic acid groups (broad SMARTS) is 1. The molecule has 1 rings (SSSR count). The lowest BCUT2D eigenvalue weighted by Gasteiger charge is -2.33. The summed E-state index contributed by atoms with van der Waals surface area (Å²) >= 11 is 3.28. The second kappa shape index (κ2) is 4.98. The molecule has 1 amide bonds. The molecule has 1 aromatic heterocycles. The molecule has 0 aromatic carbocycles. The van der Waals surface area contributed by atoms with Crippen molar-refractivity contribution in [3.8, 4) is 6.07 Å². The molecule has 0 aliphatic rings. The van der Waals surface area contributed by atoms with Crippen LogP contribution in [0, 0.1) is 11.3 Å². The van der Waals surface area contributed by atoms with Crippen molar-refractivity contribution in [2.45, 2.75) is 32.9 Å². The monoisotopic (exact) mass is 314 g/mol. The van der Waals surface area contributed by atoms with E-state index in [2.05, 4.69) is 21.0 Å². The summed E-state index contributed by atoms with van der Waals surface area (Å²) in [6.07, 6.45) is -1.01. The van der Waals surface area contributed by atoms with E-state index >= 15 is 0 Å². The van der Waals surface area contributed by atoms with Crippen LogP contribution >= 0.6 is 15.9 Å². The van der Waals surface area contributed by atoms with Gasteiger partial charge in [-0.2, -0.15) is 10.4 Å². The summed E-state index contributed by atoms with van der Waals surface area (Å²) in [6, 6.07) is 1.95. The summed E-state index contributed by atoms with van der Waals surface area (Å²) in [5.74, 6) is 0. The molecule has 1 heterocycles. The molecule has 0 unspecified atom stereocenters. The zero-order valence-corrected chi connectivity index (χ0v) is 12.3. The molecule has 0 atom stereocenters. The summed E-state index contributed by atoms with van der Waals surface area (Å²) in [7, 11) is 1.68. The van der Waals surface area contributed by atoms with Crippen LogP contribution < -0.4 is 0 Å². The predicted molar refractivity (Wildman–Crippen MR) is 68.9 cm³/mol. The minimum absolute atomic E-state index is 0.171. The van der Waals surface area contributed by atoms with E-state index in [0.29, 0.717) is 10.2 Å². The van der Waals surface area contributed by atoms with Gasteiger partial charge in [0.15, 0.2) is 5.69 Å². The highest BCUT2D eigenvalue weighted by atomic mass is 79.9. The molecule has 1 aromatic rings. The molecule has 0 spiro atoms. The number of aromatic nitrogens is 2. The Bertz CT molecular complexity index is 510. The molecule has 0 aliphatic heterocycles. The van der Waals surface area contributed by atoms with Gasteiger partial charge in [-0.3, -0.25) is 9.58 Å². The topological polar surface area (TPSA) is 82.2 Å². The number of aryl methyl sites for hydroxylation is 1. The second-order valence-electron chi connectivity index (χ2n) is 4.88. The predicted octanol–water partition coefficient (Wildman–Crippen LogP) is 2.33. The summed E-state index contributed by atoms with van der Waals surface area (Å²) in [5, 5.41) is 22.1. The van der Waals surface area contributed by atoms with Gasteiger partial charge in [0.1, 0.15) is 6.07 Å². The van der Waals surface area contributed by atoms with Crippen molar-refractivity contribution in [1.29, 1.82) is 5.26 Å². The van der Waals surface area contributed by atoms with Gasteiger partial charge in [0.2, 0.25) is 0 Å². The Morgan fingerprint density at radius 3 is 2.50 bits per heavy atom. The Morgan fingerprint density at radius 1 is 1.61 bits per heavy atom. The molecule has 0 fully saturated rings. The molecule has 0 aliphatic carbocycles. The molecule has 6 nitrogen and oxygen atoms in total. The number of carbonyl (C=O) groups is 1. The van der Waals surface area contributed by atoms with Crippen molar-refractivity contribution >= 4 is 22.0 Å². The van der Waals surface area contributed by atoms with Gasteiger partial charge in [-0.15, -0.1) is 0 Å². The van der Waals surface area contributed by atoms with Crippen LogP contribution in [0.2, 0.25) is 0 Å². The van der Waals surface area contributed by atoms with Crippen molar-refractivity contribution < 1.29 is 9.90 Å². The molecule has 0 radical (unpaired) electrons. The van der Waals surface area contributed by atoms with E-state index in [1.807, 2.05) is 26.8 Å². The van der Waals surface area contributed by atoms with Crippen LogP contribution in [0.4, 0.5) is 4.79 Å². The number of hydrogen-bond acceptors (Lipinski definition) is 3. The third-order valence-corrected chi connectivity index (χ3v) is 3.39. The van der Waals surface area contributed by atoms with Crippen LogP contribution in [0.3, 0.4) is 0 Å². The quantitative estimate of drug-likeness (QED) is 0.908. The highest BCUT2D eigenvalue weighted by Crippen LogP contribution is 2.25. The fourth-order valence-corrected chi connectivity index (χ4v) is 2.07. The van der Waals surface area contributed by atoms with Crippen LogP contribution in [0.1, 0.15) is 32.2 Å². The van der Waals surface area contributed by atoms with Crippen LogP contribution in [0.25, 0.3) is 0 Å². The first-order chi connectivity index (χ1) is 8.18. The second-order valence-corrected chi connectivity index (χ2v) is 5.68. The lowest BCUT2D eigenvalue weighted by atomic mass is 10.1. The van der Waals surface area contributed by atoms with Gasteiger partial charge < -0.3 is 5.11 Å². The zero-order valence-electron chi connectivity index (χ0n) is 10.7. The minimum atomic E-state index is -1.01. The molecular formula is C11H15BrN4O2. The molecular weight excluding hydrogens is 300 g/mol. The van der Waals surface area contributed by atoms with Crippen molar-refractivity contribution in [1.82, 2.24) is 14.7 Å². The number of nitrogens with zero attached hydrogens (tertiary/aromatic N) is 4. The standard InChI is InChI=1S/C11H15BrN4O2/c1-11(2,3)16(10(17)18)6-8-9(12)7(5-13)14-15(8)4/h6H2,1-4H3,(H,17,18). The SMILES string of the molecule is Cn1nc(C#N)c(Br)c1CN(C(=O)O)C(C)(C)C. The third-order valence-electron chi connectivity index (χ3n) is 2.56. The Morgan fingerprint density at radius 2 is 2.17 bits per heavy atom. The summed E-state index contributed by atoms with van der Waals surface area (Å²) < 4.78 is 2.06. The largest absolute Gasteiger partial charge is 0.465 e. The van der Waals surface area contributed by atoms with Crippen molar-refractivity contribution in [3.05, 3.63) is 15.9 Å². The van der Waals surface area contributed by atoms with Gasteiger partial charge in [0, 0.05) is 12.6 Å². The van der Waals surface area contributed by atoms with Gasteiger partial charge >= 0.3 is 6.09 Å². The van der Waals surface area contributed by atoms with E-state index in [1.54, 1.807) is 7.05 Å². The smallest absolute Gasteiger partial charge is 0.408 e. The molecule has 0 saturated heterocycles. The first-order valence-electron chi connectivity index (χ1n) is 5.30. The van der Waals surface area contributed by atoms with Gasteiger partial charge in [-0.25, -0.2) is 4.79 Å². The van der Waals surface area contributed by atoms with E-state index in [4.69, 9.17) is 5.26 Å². The average molecular weight is 315 g/mol. The van der Waals surface area contributed by atoms with E-state index < -0.39 is 11.6 Å². The maximum absolute atomic E-state index is 11.3. The number of amides is 1. The van der Waals surface area contributed by atoms with E-state index in [-0.39, 0.29) is 12.2 Å². The molecule has 7 heteroatoms. The van der Waals surface area contributed by atoms with Crippen molar-refractivity contribution in [2.24, 2.45) is 7.05 Å². The van der Waals surface area contributed by atoms with E-state index in [9.17, 15) is 9.90 Å². The number of rotatable bonds is 2. The van der Waals surface area contributed by atoms with Gasteiger partial charge in [0.05, 0.1) is 16.7 Å². The van der Waals surface area contributed by atoms with E-state index in [1.165, 1.54) is 9.58 Å². The molecule has 0 saturated carbocycles. The first kappa shape index (κ1) is 14.5. The van der Waals surface area contributed by atoms with Crippen molar-refractivity contribution in [3.63, 3.8) is 0 Å². The Balaban J connectivity index is 3.14. The lowest BCUT2D eigenvalue weighted by Crippen LogP contribution is -2.44. The van der Waals surface area contributed by atoms with Gasteiger partial charge in [-0.05, 0) is 36.7 Å². The summed E-state index contributed by atoms with van der Waals surface area (Å²) in [6.45, 7) is 5.62. The lowest BCUT2D eigenvalue weighted by molar-refractivity contribution is 0.0938. The van der Waals surface area contributed by atoms with Crippen LogP contribution in [0.5, 0.6) is 0 Å². The normalized spacial score (nSPS) is 11.1. The number of nitriles is 1. The fourth-order valence-electron chi connectivity index (χ4n) is 1.52. The van der Waals surface area contributed by atoms with Gasteiger partial charge in [-0.1, -0.05) is 0 Å². The average Bonchev–Trinajstić information content (AvgIpc) is 2.49. The molecule has 0 bridgehead atoms. The Labute approximate surface area is 114 Å². The highest BCUT2D eigenvalue weighted by molar-refractivity contribution is 9.10. The summed E-state index contributed by atoms with van der Waals surface area (Å²) in [5.41, 5.74) is 0.387. The number of halogens is 1. The minimum Gasteiger partial charge on any atom is -0.465 e. The maximum Gasteiger partial charge on any atom is 0.408 e. The third kappa shape index (κ3) is 2.82.